The molecule has 1 aromatic heterocycles. The second kappa shape index (κ2) is 6.15. The van der Waals surface area contributed by atoms with E-state index in [1.165, 1.54) is 43.4 Å². The van der Waals surface area contributed by atoms with Crippen molar-refractivity contribution in [3.05, 3.63) is 29.6 Å². The van der Waals surface area contributed by atoms with Crippen LogP contribution in [0.2, 0.25) is 0 Å². The maximum Gasteiger partial charge on any atom is 0.0420 e. The maximum atomic E-state index is 4.42. The number of nitrogens with one attached hydrogen (secondary N) is 1. The van der Waals surface area contributed by atoms with Gasteiger partial charge >= 0.3 is 0 Å². The molecule has 1 fully saturated rings. The summed E-state index contributed by atoms with van der Waals surface area (Å²) in [6, 6.07) is 4.80. The lowest BCUT2D eigenvalue weighted by Gasteiger charge is -2.31. The first-order chi connectivity index (χ1) is 8.31. The van der Waals surface area contributed by atoms with E-state index < -0.39 is 0 Å². The molecule has 0 spiro atoms. The van der Waals surface area contributed by atoms with Gasteiger partial charge in [0.25, 0.3) is 0 Å². The SMILES string of the molecule is CCCNC(CC1CCC1)c1cccnc1C. The number of aromatic nitrogens is 1. The molecule has 94 valence electrons. The Bertz CT molecular complexity index is 345. The number of aryl methyl sites for hydroxylation is 1. The van der Waals surface area contributed by atoms with Gasteiger partial charge in [0.05, 0.1) is 0 Å². The van der Waals surface area contributed by atoms with Gasteiger partial charge in [-0.3, -0.25) is 4.98 Å². The molecule has 0 saturated heterocycles. The van der Waals surface area contributed by atoms with Crippen molar-refractivity contribution in [3.63, 3.8) is 0 Å². The molecule has 0 aliphatic heterocycles. The molecule has 1 saturated carbocycles. The van der Waals surface area contributed by atoms with E-state index in [0.29, 0.717) is 6.04 Å². The Hall–Kier alpha value is -0.890. The molecule has 1 atom stereocenters. The fourth-order valence-electron chi connectivity index (χ4n) is 2.57. The van der Waals surface area contributed by atoms with Crippen molar-refractivity contribution in [2.24, 2.45) is 5.92 Å². The predicted molar refractivity (Wildman–Crippen MR) is 72.0 cm³/mol. The lowest BCUT2D eigenvalue weighted by Crippen LogP contribution is -2.27. The van der Waals surface area contributed by atoms with Crippen molar-refractivity contribution in [1.82, 2.24) is 10.3 Å². The topological polar surface area (TPSA) is 24.9 Å². The van der Waals surface area contributed by atoms with Crippen molar-refractivity contribution in [3.8, 4) is 0 Å². The van der Waals surface area contributed by atoms with E-state index >= 15 is 0 Å². The minimum absolute atomic E-state index is 0.508. The largest absolute Gasteiger partial charge is 0.310 e. The second-order valence-electron chi connectivity index (χ2n) is 5.22. The summed E-state index contributed by atoms with van der Waals surface area (Å²) >= 11 is 0. The molecule has 2 heteroatoms. The van der Waals surface area contributed by atoms with E-state index in [9.17, 15) is 0 Å². The smallest absolute Gasteiger partial charge is 0.0420 e. The predicted octanol–water partition coefficient (Wildman–Crippen LogP) is 3.62. The van der Waals surface area contributed by atoms with Crippen LogP contribution in [-0.2, 0) is 0 Å². The van der Waals surface area contributed by atoms with Crippen LogP contribution in [0.5, 0.6) is 0 Å². The zero-order chi connectivity index (χ0) is 12.1. The minimum atomic E-state index is 0.508. The first-order valence-electron chi connectivity index (χ1n) is 6.96. The van der Waals surface area contributed by atoms with E-state index in [2.05, 4.69) is 36.3 Å². The lowest BCUT2D eigenvalue weighted by atomic mass is 9.79. The van der Waals surface area contributed by atoms with Crippen molar-refractivity contribution >= 4 is 0 Å². The van der Waals surface area contributed by atoms with Crippen LogP contribution in [0.3, 0.4) is 0 Å². The average Bonchev–Trinajstić information content (AvgIpc) is 2.28. The Labute approximate surface area is 105 Å². The molecule has 17 heavy (non-hydrogen) atoms. The molecule has 1 N–H and O–H groups in total. The van der Waals surface area contributed by atoms with Gasteiger partial charge in [-0.25, -0.2) is 0 Å². The van der Waals surface area contributed by atoms with E-state index in [1.807, 2.05) is 6.20 Å². The number of pyridine rings is 1. The third kappa shape index (κ3) is 3.29. The highest BCUT2D eigenvalue weighted by Crippen LogP contribution is 2.35. The third-order valence-electron chi connectivity index (χ3n) is 3.86. The molecule has 0 aromatic carbocycles. The molecule has 0 bridgehead atoms. The van der Waals surface area contributed by atoms with Crippen LogP contribution in [-0.4, -0.2) is 11.5 Å². The molecule has 1 aliphatic rings. The molecule has 1 unspecified atom stereocenters. The second-order valence-corrected chi connectivity index (χ2v) is 5.22. The molecule has 2 nitrogen and oxygen atoms in total. The summed E-state index contributed by atoms with van der Waals surface area (Å²) in [6.45, 7) is 5.45. The summed E-state index contributed by atoms with van der Waals surface area (Å²) in [6.07, 6.45) is 8.64. The molecule has 1 aromatic rings. The highest BCUT2D eigenvalue weighted by Gasteiger charge is 2.23. The van der Waals surface area contributed by atoms with Crippen LogP contribution in [0.25, 0.3) is 0 Å². The Morgan fingerprint density at radius 1 is 1.47 bits per heavy atom. The zero-order valence-electron chi connectivity index (χ0n) is 11.1. The normalized spacial score (nSPS) is 17.8. The fourth-order valence-corrected chi connectivity index (χ4v) is 2.57. The van der Waals surface area contributed by atoms with Gasteiger partial charge in [-0.15, -0.1) is 0 Å². The van der Waals surface area contributed by atoms with Gasteiger partial charge < -0.3 is 5.32 Å². The van der Waals surface area contributed by atoms with Gasteiger partial charge in [-0.1, -0.05) is 32.3 Å². The molecule has 0 radical (unpaired) electrons. The standard InChI is InChI=1S/C15H24N2/c1-3-9-17-15(11-13-6-4-7-13)14-8-5-10-16-12(14)2/h5,8,10,13,15,17H,3-4,6-7,9,11H2,1-2H3. The number of rotatable bonds is 6. The van der Waals surface area contributed by atoms with Crippen molar-refractivity contribution in [1.29, 1.82) is 0 Å². The summed E-state index contributed by atoms with van der Waals surface area (Å²) in [4.78, 5) is 4.42. The van der Waals surface area contributed by atoms with Gasteiger partial charge in [0.2, 0.25) is 0 Å². The van der Waals surface area contributed by atoms with Gasteiger partial charge in [-0.2, -0.15) is 0 Å². The van der Waals surface area contributed by atoms with Gasteiger partial charge in [-0.05, 0) is 43.9 Å². The summed E-state index contributed by atoms with van der Waals surface area (Å²) in [5.41, 5.74) is 2.58. The fraction of sp³-hybridized carbons (Fsp3) is 0.667. The third-order valence-corrected chi connectivity index (χ3v) is 3.86. The van der Waals surface area contributed by atoms with Crippen LogP contribution in [0.15, 0.2) is 18.3 Å². The van der Waals surface area contributed by atoms with Crippen LogP contribution >= 0.6 is 0 Å². The maximum absolute atomic E-state index is 4.42. The average molecular weight is 232 g/mol. The summed E-state index contributed by atoms with van der Waals surface area (Å²) < 4.78 is 0. The van der Waals surface area contributed by atoms with Crippen LogP contribution in [0.1, 0.15) is 56.3 Å². The van der Waals surface area contributed by atoms with Gasteiger partial charge in [0.15, 0.2) is 0 Å². The number of hydrogen-bond donors (Lipinski definition) is 1. The highest BCUT2D eigenvalue weighted by molar-refractivity contribution is 5.22. The van der Waals surface area contributed by atoms with Gasteiger partial charge in [0.1, 0.15) is 0 Å². The Kier molecular flexibility index (Phi) is 4.55. The first kappa shape index (κ1) is 12.6. The first-order valence-corrected chi connectivity index (χ1v) is 6.96. The number of hydrogen-bond acceptors (Lipinski definition) is 2. The van der Waals surface area contributed by atoms with E-state index in [1.54, 1.807) is 0 Å². The molecular formula is C15H24N2. The Balaban J connectivity index is 2.05. The van der Waals surface area contributed by atoms with E-state index in [4.69, 9.17) is 0 Å². The molecule has 2 rings (SSSR count). The van der Waals surface area contributed by atoms with Crippen LogP contribution in [0, 0.1) is 12.8 Å². The molecule has 1 aliphatic carbocycles. The van der Waals surface area contributed by atoms with Crippen molar-refractivity contribution < 1.29 is 0 Å². The van der Waals surface area contributed by atoms with Gasteiger partial charge in [0, 0.05) is 17.9 Å². The van der Waals surface area contributed by atoms with Crippen LogP contribution in [0.4, 0.5) is 0 Å². The Morgan fingerprint density at radius 2 is 2.29 bits per heavy atom. The summed E-state index contributed by atoms with van der Waals surface area (Å²) in [7, 11) is 0. The highest BCUT2D eigenvalue weighted by atomic mass is 14.9. The molecule has 1 heterocycles. The van der Waals surface area contributed by atoms with E-state index in [0.717, 1.165) is 12.5 Å². The lowest BCUT2D eigenvalue weighted by molar-refractivity contribution is 0.260. The summed E-state index contributed by atoms with van der Waals surface area (Å²) in [5.74, 6) is 0.934. The molecule has 0 amide bonds. The van der Waals surface area contributed by atoms with Crippen LogP contribution < -0.4 is 5.32 Å². The summed E-state index contributed by atoms with van der Waals surface area (Å²) in [5, 5.41) is 3.69. The number of nitrogens with zero attached hydrogens (tertiary/aromatic N) is 1. The van der Waals surface area contributed by atoms with E-state index in [-0.39, 0.29) is 0 Å². The zero-order valence-corrected chi connectivity index (χ0v) is 11.1. The van der Waals surface area contributed by atoms with Crippen molar-refractivity contribution in [2.45, 2.75) is 52.0 Å². The minimum Gasteiger partial charge on any atom is -0.310 e. The Morgan fingerprint density at radius 3 is 2.88 bits per heavy atom. The quantitative estimate of drug-likeness (QED) is 0.810. The molecular weight excluding hydrogens is 208 g/mol. The van der Waals surface area contributed by atoms with Crippen molar-refractivity contribution in [2.75, 3.05) is 6.54 Å². The monoisotopic (exact) mass is 232 g/mol.